The number of unbranched alkanes of at least 4 members (excludes halogenated alkanes) is 3. The zero-order chi connectivity index (χ0) is 9.23. The molecule has 0 aromatic rings. The monoisotopic (exact) mass is 207 g/mol. The van der Waals surface area contributed by atoms with Gasteiger partial charge >= 0.3 is 84.1 Å². The minimum atomic E-state index is -0.994. The molecule has 1 nitrogen and oxygen atoms in total. The summed E-state index contributed by atoms with van der Waals surface area (Å²) in [5.41, 5.74) is 0. The van der Waals surface area contributed by atoms with Crippen molar-refractivity contribution in [2.75, 3.05) is 6.61 Å². The summed E-state index contributed by atoms with van der Waals surface area (Å²) in [4.78, 5) is 0. The molecule has 0 atom stereocenters. The van der Waals surface area contributed by atoms with E-state index in [1.54, 1.807) is 0 Å². The van der Waals surface area contributed by atoms with E-state index < -0.39 is 18.3 Å². The van der Waals surface area contributed by atoms with Crippen molar-refractivity contribution in [2.45, 2.75) is 55.9 Å². The molecule has 0 spiro atoms. The summed E-state index contributed by atoms with van der Waals surface area (Å²) in [5, 5.41) is 0. The van der Waals surface area contributed by atoms with Gasteiger partial charge in [-0.3, -0.25) is 0 Å². The van der Waals surface area contributed by atoms with Crippen LogP contribution in [0.1, 0.15) is 46.5 Å². The van der Waals surface area contributed by atoms with Crippen LogP contribution in [-0.2, 0) is 21.6 Å². The van der Waals surface area contributed by atoms with Crippen LogP contribution in [0.25, 0.3) is 0 Å². The van der Waals surface area contributed by atoms with Crippen LogP contribution in [0.4, 0.5) is 0 Å². The van der Waals surface area contributed by atoms with E-state index in [0.29, 0.717) is 0 Å². The molecular formula is C10H23OTi. The maximum absolute atomic E-state index is 5.85. The summed E-state index contributed by atoms with van der Waals surface area (Å²) < 4.78 is 8.50. The molecular weight excluding hydrogens is 184 g/mol. The Bertz CT molecular complexity index is 81.9. The van der Waals surface area contributed by atoms with Crippen LogP contribution in [0.2, 0.25) is 9.45 Å². The Morgan fingerprint density at radius 1 is 0.917 bits per heavy atom. The second kappa shape index (κ2) is 9.76. The molecule has 0 saturated heterocycles. The molecule has 0 fully saturated rings. The van der Waals surface area contributed by atoms with Crippen LogP contribution in [0.3, 0.4) is 0 Å². The van der Waals surface area contributed by atoms with Crippen LogP contribution in [0.15, 0.2) is 0 Å². The van der Waals surface area contributed by atoms with Crippen molar-refractivity contribution in [1.29, 1.82) is 0 Å². The molecule has 0 aliphatic rings. The molecule has 0 bridgehead atoms. The van der Waals surface area contributed by atoms with Gasteiger partial charge in [0, 0.05) is 0 Å². The van der Waals surface area contributed by atoms with Gasteiger partial charge in [0.25, 0.3) is 0 Å². The van der Waals surface area contributed by atoms with Crippen molar-refractivity contribution in [1.82, 2.24) is 0 Å². The van der Waals surface area contributed by atoms with Crippen molar-refractivity contribution >= 4 is 0 Å². The zero-order valence-corrected chi connectivity index (χ0v) is 10.4. The number of hydrogen-bond acceptors (Lipinski definition) is 1. The minimum absolute atomic E-state index is 0.994. The third kappa shape index (κ3) is 7.33. The van der Waals surface area contributed by atoms with E-state index in [0.717, 1.165) is 6.61 Å². The summed E-state index contributed by atoms with van der Waals surface area (Å²) >= 11 is -0.994. The van der Waals surface area contributed by atoms with Crippen LogP contribution >= 0.6 is 0 Å². The molecule has 0 N–H and O–H groups in total. The predicted octanol–water partition coefficient (Wildman–Crippen LogP) is 3.99. The summed E-state index contributed by atoms with van der Waals surface area (Å²) in [6.07, 6.45) is 5.33. The van der Waals surface area contributed by atoms with Gasteiger partial charge < -0.3 is 0 Å². The van der Waals surface area contributed by atoms with Crippen LogP contribution < -0.4 is 0 Å². The van der Waals surface area contributed by atoms with Gasteiger partial charge in [0.05, 0.1) is 0 Å². The van der Waals surface area contributed by atoms with Gasteiger partial charge in [0.1, 0.15) is 0 Å². The van der Waals surface area contributed by atoms with Crippen molar-refractivity contribution < 1.29 is 21.6 Å². The maximum atomic E-state index is 5.85. The summed E-state index contributed by atoms with van der Waals surface area (Å²) in [7, 11) is 0. The Kier molecular flexibility index (Phi) is 10.3. The fourth-order valence-electron chi connectivity index (χ4n) is 1.20. The van der Waals surface area contributed by atoms with Crippen LogP contribution in [0, 0.1) is 0 Å². The molecule has 12 heavy (non-hydrogen) atoms. The summed E-state index contributed by atoms with van der Waals surface area (Å²) in [5.74, 6) is 0. The Balaban J connectivity index is 3.06. The van der Waals surface area contributed by atoms with E-state index in [9.17, 15) is 0 Å². The molecule has 0 aliphatic carbocycles. The molecule has 0 heterocycles. The van der Waals surface area contributed by atoms with Crippen LogP contribution in [0.5, 0.6) is 0 Å². The summed E-state index contributed by atoms with van der Waals surface area (Å²) in [6.45, 7) is 7.82. The Morgan fingerprint density at radius 2 is 1.58 bits per heavy atom. The van der Waals surface area contributed by atoms with Crippen LogP contribution in [-0.4, -0.2) is 6.61 Å². The molecule has 0 aromatic heterocycles. The number of hydrogen-bond donors (Lipinski definition) is 0. The van der Waals surface area contributed by atoms with E-state index in [2.05, 4.69) is 20.8 Å². The fourth-order valence-corrected chi connectivity index (χ4v) is 3.29. The molecule has 0 amide bonds. The normalized spacial score (nSPS) is 10.2. The quantitative estimate of drug-likeness (QED) is 0.432. The van der Waals surface area contributed by atoms with Gasteiger partial charge in [0.15, 0.2) is 0 Å². The second-order valence-electron chi connectivity index (χ2n) is 3.15. The average Bonchev–Trinajstić information content (AvgIpc) is 2.11. The standard InChI is InChI=1S/C6H13O.2C2H5.Ti/c1-2-3-4-5-6-7;2*1-2;/h2-6H2,1H3;2*1H2,2H3;/q-1;;;+1. The predicted molar refractivity (Wildman–Crippen MR) is 51.1 cm³/mol. The first-order valence-electron chi connectivity index (χ1n) is 5.32. The van der Waals surface area contributed by atoms with Gasteiger partial charge in [-0.25, -0.2) is 0 Å². The zero-order valence-electron chi connectivity index (χ0n) is 8.86. The number of rotatable bonds is 8. The van der Waals surface area contributed by atoms with E-state index in [-0.39, 0.29) is 0 Å². The van der Waals surface area contributed by atoms with Gasteiger partial charge in [-0.1, -0.05) is 0 Å². The van der Waals surface area contributed by atoms with Crippen molar-refractivity contribution in [3.05, 3.63) is 0 Å². The molecule has 2 heteroatoms. The van der Waals surface area contributed by atoms with Gasteiger partial charge in [-0.05, 0) is 0 Å². The molecule has 0 rings (SSSR count). The first-order valence-corrected chi connectivity index (χ1v) is 8.17. The van der Waals surface area contributed by atoms with Gasteiger partial charge in [0.2, 0.25) is 0 Å². The Labute approximate surface area is 84.2 Å². The van der Waals surface area contributed by atoms with Gasteiger partial charge in [-0.15, -0.1) is 0 Å². The SMILES string of the molecule is CCCCCC[O][Ti]([CH2]C)[CH2]C. The molecule has 0 radical (unpaired) electrons. The second-order valence-corrected chi connectivity index (χ2v) is 7.50. The van der Waals surface area contributed by atoms with Crippen molar-refractivity contribution in [3.8, 4) is 0 Å². The first-order chi connectivity index (χ1) is 5.85. The third-order valence-electron chi connectivity index (χ3n) is 2.09. The van der Waals surface area contributed by atoms with E-state index >= 15 is 0 Å². The molecule has 73 valence electrons. The Hall–Kier alpha value is 0.674. The molecule has 0 aliphatic heterocycles. The summed E-state index contributed by atoms with van der Waals surface area (Å²) in [6, 6.07) is 0. The Morgan fingerprint density at radius 3 is 2.08 bits per heavy atom. The first kappa shape index (κ1) is 12.7. The third-order valence-corrected chi connectivity index (χ3v) is 5.51. The average molecular weight is 207 g/mol. The topological polar surface area (TPSA) is 9.23 Å². The fraction of sp³-hybridized carbons (Fsp3) is 1.00. The molecule has 0 unspecified atom stereocenters. The van der Waals surface area contributed by atoms with Gasteiger partial charge in [-0.2, -0.15) is 0 Å². The van der Waals surface area contributed by atoms with E-state index in [1.165, 1.54) is 35.1 Å². The van der Waals surface area contributed by atoms with E-state index in [4.69, 9.17) is 3.32 Å². The molecule has 0 aromatic carbocycles. The van der Waals surface area contributed by atoms with E-state index in [1.807, 2.05) is 0 Å². The van der Waals surface area contributed by atoms with Crippen molar-refractivity contribution in [3.63, 3.8) is 0 Å². The van der Waals surface area contributed by atoms with Crippen molar-refractivity contribution in [2.24, 2.45) is 0 Å². The molecule has 0 saturated carbocycles.